The molecule has 16 heavy (non-hydrogen) atoms. The molecule has 1 saturated heterocycles. The van der Waals surface area contributed by atoms with Crippen molar-refractivity contribution in [1.82, 2.24) is 0 Å². The lowest BCUT2D eigenvalue weighted by Crippen LogP contribution is -2.39. The minimum Gasteiger partial charge on any atom is -0.376 e. The first-order valence-corrected chi connectivity index (χ1v) is 5.81. The molecule has 5 heteroatoms. The minimum absolute atomic E-state index is 0.169. The highest BCUT2D eigenvalue weighted by Crippen LogP contribution is 2.16. The number of carbonyl (C=O) groups is 1. The summed E-state index contributed by atoms with van der Waals surface area (Å²) in [6.07, 6.45) is -0.507. The second-order valence-electron chi connectivity index (χ2n) is 3.43. The van der Waals surface area contributed by atoms with Crippen LogP contribution in [-0.4, -0.2) is 31.8 Å². The number of benzene rings is 1. The average molecular weight is 286 g/mol. The van der Waals surface area contributed by atoms with Gasteiger partial charge in [0.1, 0.15) is 0 Å². The molecule has 2 rings (SSSR count). The molecule has 1 N–H and O–H groups in total. The second-order valence-corrected chi connectivity index (χ2v) is 4.35. The number of amides is 1. The fourth-order valence-corrected chi connectivity index (χ4v) is 1.83. The van der Waals surface area contributed by atoms with Crippen LogP contribution in [0.25, 0.3) is 0 Å². The molecular weight excluding hydrogens is 274 g/mol. The summed E-state index contributed by atoms with van der Waals surface area (Å²) >= 11 is 3.34. The third kappa shape index (κ3) is 3.04. The van der Waals surface area contributed by atoms with E-state index in [9.17, 15) is 4.79 Å². The van der Waals surface area contributed by atoms with Crippen LogP contribution in [0.2, 0.25) is 0 Å². The Morgan fingerprint density at radius 3 is 3.00 bits per heavy atom. The number of rotatable bonds is 2. The molecule has 4 nitrogen and oxygen atoms in total. The molecule has 1 aromatic carbocycles. The van der Waals surface area contributed by atoms with Crippen LogP contribution in [0.3, 0.4) is 0 Å². The first-order valence-electron chi connectivity index (χ1n) is 5.01. The summed E-state index contributed by atoms with van der Waals surface area (Å²) in [7, 11) is 0. The predicted molar refractivity (Wildman–Crippen MR) is 63.3 cm³/mol. The van der Waals surface area contributed by atoms with Crippen LogP contribution in [0, 0.1) is 0 Å². The van der Waals surface area contributed by atoms with Crippen molar-refractivity contribution >= 4 is 27.5 Å². The quantitative estimate of drug-likeness (QED) is 0.902. The minimum atomic E-state index is -0.507. The molecule has 0 bridgehead atoms. The van der Waals surface area contributed by atoms with E-state index in [1.54, 1.807) is 0 Å². The van der Waals surface area contributed by atoms with E-state index in [-0.39, 0.29) is 5.91 Å². The molecule has 1 aliphatic rings. The lowest BCUT2D eigenvalue weighted by atomic mass is 10.3. The topological polar surface area (TPSA) is 47.6 Å². The van der Waals surface area contributed by atoms with Crippen LogP contribution in [0.5, 0.6) is 0 Å². The lowest BCUT2D eigenvalue weighted by molar-refractivity contribution is -0.142. The highest BCUT2D eigenvalue weighted by Gasteiger charge is 2.22. The third-order valence-electron chi connectivity index (χ3n) is 2.20. The van der Waals surface area contributed by atoms with Gasteiger partial charge >= 0.3 is 0 Å². The number of carbonyl (C=O) groups excluding carboxylic acids is 1. The molecule has 1 heterocycles. The molecule has 1 atom stereocenters. The van der Waals surface area contributed by atoms with Crippen LogP contribution in [-0.2, 0) is 14.3 Å². The number of hydrogen-bond acceptors (Lipinski definition) is 3. The summed E-state index contributed by atoms with van der Waals surface area (Å²) in [5.74, 6) is -0.169. The molecule has 1 fully saturated rings. The Hall–Kier alpha value is -0.910. The Morgan fingerprint density at radius 1 is 1.44 bits per heavy atom. The fourth-order valence-electron chi connectivity index (χ4n) is 1.43. The zero-order valence-corrected chi connectivity index (χ0v) is 10.2. The molecule has 86 valence electrons. The molecule has 1 aliphatic heterocycles. The number of anilines is 1. The molecule has 0 radical (unpaired) electrons. The van der Waals surface area contributed by atoms with Gasteiger partial charge in [0.05, 0.1) is 19.8 Å². The van der Waals surface area contributed by atoms with Crippen molar-refractivity contribution < 1.29 is 14.3 Å². The molecular formula is C11H12BrNO3. The van der Waals surface area contributed by atoms with Crippen molar-refractivity contribution in [3.8, 4) is 0 Å². The van der Waals surface area contributed by atoms with Crippen molar-refractivity contribution in [2.75, 3.05) is 25.1 Å². The molecule has 0 saturated carbocycles. The van der Waals surface area contributed by atoms with Crippen LogP contribution in [0.15, 0.2) is 28.7 Å². The van der Waals surface area contributed by atoms with Gasteiger partial charge in [0, 0.05) is 10.2 Å². The third-order valence-corrected chi connectivity index (χ3v) is 2.69. The van der Waals surface area contributed by atoms with Gasteiger partial charge in [-0.2, -0.15) is 0 Å². The maximum atomic E-state index is 11.7. The van der Waals surface area contributed by atoms with Crippen LogP contribution < -0.4 is 5.32 Å². The molecule has 0 unspecified atom stereocenters. The number of halogens is 1. The zero-order chi connectivity index (χ0) is 11.4. The van der Waals surface area contributed by atoms with Gasteiger partial charge in [0.15, 0.2) is 6.10 Å². The zero-order valence-electron chi connectivity index (χ0n) is 8.61. The Balaban J connectivity index is 1.96. The average Bonchev–Trinajstić information content (AvgIpc) is 2.30. The van der Waals surface area contributed by atoms with Crippen molar-refractivity contribution in [3.63, 3.8) is 0 Å². The summed E-state index contributed by atoms with van der Waals surface area (Å²) in [6, 6.07) is 7.42. The van der Waals surface area contributed by atoms with E-state index < -0.39 is 6.10 Å². The van der Waals surface area contributed by atoms with E-state index in [0.717, 1.165) is 10.2 Å². The predicted octanol–water partition coefficient (Wildman–Crippen LogP) is 1.80. The molecule has 0 aliphatic carbocycles. The maximum Gasteiger partial charge on any atom is 0.255 e. The second kappa shape index (κ2) is 5.43. The lowest BCUT2D eigenvalue weighted by Gasteiger charge is -2.22. The summed E-state index contributed by atoms with van der Waals surface area (Å²) < 4.78 is 11.4. The summed E-state index contributed by atoms with van der Waals surface area (Å²) in [4.78, 5) is 11.7. The van der Waals surface area contributed by atoms with Crippen molar-refractivity contribution in [1.29, 1.82) is 0 Å². The van der Waals surface area contributed by atoms with Gasteiger partial charge in [-0.3, -0.25) is 4.79 Å². The molecule has 1 amide bonds. The van der Waals surface area contributed by atoms with Crippen molar-refractivity contribution in [2.45, 2.75) is 6.10 Å². The van der Waals surface area contributed by atoms with Gasteiger partial charge in [-0.05, 0) is 18.2 Å². The van der Waals surface area contributed by atoms with Crippen molar-refractivity contribution in [2.24, 2.45) is 0 Å². The van der Waals surface area contributed by atoms with Gasteiger partial charge in [0.25, 0.3) is 5.91 Å². The highest BCUT2D eigenvalue weighted by molar-refractivity contribution is 9.10. The van der Waals surface area contributed by atoms with Gasteiger partial charge in [-0.1, -0.05) is 22.0 Å². The Bertz CT molecular complexity index is 377. The molecule has 0 aromatic heterocycles. The first-order chi connectivity index (χ1) is 7.75. The van der Waals surface area contributed by atoms with E-state index in [4.69, 9.17) is 9.47 Å². The Morgan fingerprint density at radius 2 is 2.31 bits per heavy atom. The SMILES string of the molecule is O=C(Nc1cccc(Br)c1)[C@@H]1COCCO1. The standard InChI is InChI=1S/C11H12BrNO3/c12-8-2-1-3-9(6-8)13-11(14)10-7-15-4-5-16-10/h1-3,6,10H,4-5,7H2,(H,13,14)/t10-/m0/s1. The van der Waals surface area contributed by atoms with Gasteiger partial charge < -0.3 is 14.8 Å². The number of nitrogens with one attached hydrogen (secondary N) is 1. The largest absolute Gasteiger partial charge is 0.376 e. The van der Waals surface area contributed by atoms with E-state index in [0.29, 0.717) is 19.8 Å². The summed E-state index contributed by atoms with van der Waals surface area (Å²) in [5, 5.41) is 2.78. The van der Waals surface area contributed by atoms with E-state index >= 15 is 0 Å². The normalized spacial score (nSPS) is 20.4. The van der Waals surface area contributed by atoms with Crippen LogP contribution in [0.1, 0.15) is 0 Å². The van der Waals surface area contributed by atoms with E-state index in [2.05, 4.69) is 21.2 Å². The summed E-state index contributed by atoms with van der Waals surface area (Å²) in [5.41, 5.74) is 0.744. The smallest absolute Gasteiger partial charge is 0.255 e. The number of ether oxygens (including phenoxy) is 2. The highest BCUT2D eigenvalue weighted by atomic mass is 79.9. The van der Waals surface area contributed by atoms with E-state index in [1.165, 1.54) is 0 Å². The van der Waals surface area contributed by atoms with E-state index in [1.807, 2.05) is 24.3 Å². The van der Waals surface area contributed by atoms with Gasteiger partial charge in [0.2, 0.25) is 0 Å². The van der Waals surface area contributed by atoms with Gasteiger partial charge in [-0.25, -0.2) is 0 Å². The maximum absolute atomic E-state index is 11.7. The van der Waals surface area contributed by atoms with Crippen LogP contribution in [0.4, 0.5) is 5.69 Å². The fraction of sp³-hybridized carbons (Fsp3) is 0.364. The van der Waals surface area contributed by atoms with Crippen molar-refractivity contribution in [3.05, 3.63) is 28.7 Å². The number of hydrogen-bond donors (Lipinski definition) is 1. The molecule has 0 spiro atoms. The monoisotopic (exact) mass is 285 g/mol. The Labute approximate surface area is 102 Å². The Kier molecular flexibility index (Phi) is 3.93. The van der Waals surface area contributed by atoms with Gasteiger partial charge in [-0.15, -0.1) is 0 Å². The van der Waals surface area contributed by atoms with Crippen LogP contribution >= 0.6 is 15.9 Å². The first kappa shape index (κ1) is 11.6. The molecule has 1 aromatic rings. The summed E-state index contributed by atoms with van der Waals surface area (Å²) in [6.45, 7) is 1.34.